The molecule has 1 aromatic carbocycles. The average Bonchev–Trinajstić information content (AvgIpc) is 3.00. The van der Waals surface area contributed by atoms with E-state index in [1.165, 1.54) is 0 Å². The van der Waals surface area contributed by atoms with E-state index in [0.717, 1.165) is 34.0 Å². The summed E-state index contributed by atoms with van der Waals surface area (Å²) in [5.74, 6) is 1.03. The van der Waals surface area contributed by atoms with E-state index in [1.54, 1.807) is 0 Å². The lowest BCUT2D eigenvalue weighted by molar-refractivity contribution is 0.479. The Balaban J connectivity index is 2.24. The largest absolute Gasteiger partial charge is 0.459 e. The van der Waals surface area contributed by atoms with E-state index in [4.69, 9.17) is 10.2 Å². The first-order chi connectivity index (χ1) is 7.27. The van der Waals surface area contributed by atoms with Gasteiger partial charge in [-0.1, -0.05) is 12.1 Å². The lowest BCUT2D eigenvalue weighted by Crippen LogP contribution is -2.19. The smallest absolute Gasteiger partial charge is 0.135 e. The Morgan fingerprint density at radius 1 is 1.33 bits per heavy atom. The molecule has 0 amide bonds. The van der Waals surface area contributed by atoms with Crippen molar-refractivity contribution in [3.05, 3.63) is 34.5 Å². The van der Waals surface area contributed by atoms with Crippen LogP contribution in [0.15, 0.2) is 33.2 Å². The Morgan fingerprint density at radius 3 is 2.67 bits per heavy atom. The van der Waals surface area contributed by atoms with Gasteiger partial charge in [0.2, 0.25) is 0 Å². The van der Waals surface area contributed by atoms with Gasteiger partial charge in [-0.2, -0.15) is 0 Å². The molecule has 0 spiro atoms. The van der Waals surface area contributed by atoms with Gasteiger partial charge in [0.15, 0.2) is 0 Å². The van der Waals surface area contributed by atoms with Crippen molar-refractivity contribution >= 4 is 26.9 Å². The third-order valence-electron chi connectivity index (χ3n) is 3.26. The van der Waals surface area contributed by atoms with Crippen molar-refractivity contribution in [2.75, 3.05) is 6.54 Å². The van der Waals surface area contributed by atoms with Crippen molar-refractivity contribution in [3.8, 4) is 0 Å². The Hall–Kier alpha value is -0.800. The lowest BCUT2D eigenvalue weighted by Gasteiger charge is -2.08. The maximum absolute atomic E-state index is 5.89. The molecule has 1 saturated carbocycles. The fraction of sp³-hybridized carbons (Fsp3) is 0.333. The summed E-state index contributed by atoms with van der Waals surface area (Å²) in [6.07, 6.45) is 2.28. The lowest BCUT2D eigenvalue weighted by atomic mass is 10.0. The molecule has 3 rings (SSSR count). The molecule has 1 fully saturated rings. The summed E-state index contributed by atoms with van der Waals surface area (Å²) in [6, 6.07) is 8.08. The zero-order valence-corrected chi connectivity index (χ0v) is 9.88. The monoisotopic (exact) mass is 265 g/mol. The van der Waals surface area contributed by atoms with Crippen LogP contribution >= 0.6 is 15.9 Å². The van der Waals surface area contributed by atoms with E-state index in [2.05, 4.69) is 22.0 Å². The van der Waals surface area contributed by atoms with Crippen LogP contribution < -0.4 is 5.73 Å². The summed E-state index contributed by atoms with van der Waals surface area (Å²) in [4.78, 5) is 0. The summed E-state index contributed by atoms with van der Waals surface area (Å²) < 4.78 is 6.97. The van der Waals surface area contributed by atoms with Gasteiger partial charge in [-0.15, -0.1) is 0 Å². The molecule has 15 heavy (non-hydrogen) atoms. The molecule has 1 aliphatic carbocycles. The Labute approximate surface area is 96.6 Å². The van der Waals surface area contributed by atoms with Crippen LogP contribution in [0, 0.1) is 0 Å². The highest BCUT2D eigenvalue weighted by atomic mass is 79.9. The topological polar surface area (TPSA) is 39.2 Å². The molecule has 1 heterocycles. The van der Waals surface area contributed by atoms with Crippen LogP contribution in [0.4, 0.5) is 0 Å². The van der Waals surface area contributed by atoms with Gasteiger partial charge < -0.3 is 10.2 Å². The van der Waals surface area contributed by atoms with E-state index in [1.807, 2.05) is 18.2 Å². The molecule has 1 aromatic heterocycles. The quantitative estimate of drug-likeness (QED) is 0.906. The normalized spacial score (nSPS) is 18.3. The fourth-order valence-corrected chi connectivity index (χ4v) is 2.86. The third-order valence-corrected chi connectivity index (χ3v) is 4.05. The molecule has 0 atom stereocenters. The molecule has 78 valence electrons. The predicted octanol–water partition coefficient (Wildman–Crippen LogP) is 3.19. The van der Waals surface area contributed by atoms with Gasteiger partial charge in [-0.05, 0) is 40.9 Å². The molecular formula is C12H12BrNO. The van der Waals surface area contributed by atoms with Gasteiger partial charge in [0.05, 0.1) is 4.47 Å². The van der Waals surface area contributed by atoms with E-state index in [0.29, 0.717) is 6.54 Å². The number of rotatable bonds is 2. The van der Waals surface area contributed by atoms with E-state index < -0.39 is 0 Å². The van der Waals surface area contributed by atoms with E-state index in [-0.39, 0.29) is 5.41 Å². The molecule has 3 heteroatoms. The minimum absolute atomic E-state index is 0.109. The Kier molecular flexibility index (Phi) is 1.94. The summed E-state index contributed by atoms with van der Waals surface area (Å²) in [6.45, 7) is 0.672. The summed E-state index contributed by atoms with van der Waals surface area (Å²) >= 11 is 3.62. The van der Waals surface area contributed by atoms with Crippen LogP contribution in [0.1, 0.15) is 18.6 Å². The number of furan rings is 1. The van der Waals surface area contributed by atoms with Crippen molar-refractivity contribution < 1.29 is 4.42 Å². The second-order valence-electron chi connectivity index (χ2n) is 4.23. The molecule has 1 aliphatic rings. The van der Waals surface area contributed by atoms with Gasteiger partial charge in [0.25, 0.3) is 0 Å². The summed E-state index contributed by atoms with van der Waals surface area (Å²) in [5.41, 5.74) is 6.86. The van der Waals surface area contributed by atoms with Gasteiger partial charge in [-0.3, -0.25) is 0 Å². The first-order valence-corrected chi connectivity index (χ1v) is 5.94. The first-order valence-electron chi connectivity index (χ1n) is 5.14. The zero-order chi connectivity index (χ0) is 10.5. The summed E-state index contributed by atoms with van der Waals surface area (Å²) in [5, 5.41) is 1.15. The number of fused-ring (bicyclic) bond motifs is 1. The van der Waals surface area contributed by atoms with E-state index in [9.17, 15) is 0 Å². The van der Waals surface area contributed by atoms with Crippen molar-refractivity contribution in [1.82, 2.24) is 0 Å². The molecule has 0 bridgehead atoms. The minimum Gasteiger partial charge on any atom is -0.459 e. The minimum atomic E-state index is 0.109. The van der Waals surface area contributed by atoms with Crippen LogP contribution in [0.25, 0.3) is 11.0 Å². The fourth-order valence-electron chi connectivity index (χ4n) is 2.03. The number of hydrogen-bond acceptors (Lipinski definition) is 2. The first kappa shape index (κ1) is 9.43. The van der Waals surface area contributed by atoms with Gasteiger partial charge in [0.1, 0.15) is 11.3 Å². The molecule has 0 saturated heterocycles. The average molecular weight is 266 g/mol. The molecule has 0 radical (unpaired) electrons. The molecule has 0 unspecified atom stereocenters. The Bertz CT molecular complexity index is 513. The van der Waals surface area contributed by atoms with Crippen LogP contribution in [0.5, 0.6) is 0 Å². The summed E-state index contributed by atoms with van der Waals surface area (Å²) in [7, 11) is 0. The SMILES string of the molecule is NCC1(c2oc3ccccc3c2Br)CC1. The highest BCUT2D eigenvalue weighted by molar-refractivity contribution is 9.10. The molecular weight excluding hydrogens is 254 g/mol. The van der Waals surface area contributed by atoms with Crippen molar-refractivity contribution in [3.63, 3.8) is 0 Å². The highest BCUT2D eigenvalue weighted by Crippen LogP contribution is 2.52. The van der Waals surface area contributed by atoms with Gasteiger partial charge in [-0.25, -0.2) is 0 Å². The Morgan fingerprint density at radius 2 is 2.07 bits per heavy atom. The zero-order valence-electron chi connectivity index (χ0n) is 8.29. The highest BCUT2D eigenvalue weighted by Gasteiger charge is 2.47. The second-order valence-corrected chi connectivity index (χ2v) is 5.02. The second kappa shape index (κ2) is 3.09. The molecule has 2 N–H and O–H groups in total. The third kappa shape index (κ3) is 1.26. The van der Waals surface area contributed by atoms with Gasteiger partial charge >= 0.3 is 0 Å². The molecule has 0 aliphatic heterocycles. The number of nitrogens with two attached hydrogens (primary N) is 1. The predicted molar refractivity (Wildman–Crippen MR) is 63.9 cm³/mol. The molecule has 2 nitrogen and oxygen atoms in total. The van der Waals surface area contributed by atoms with Crippen LogP contribution in [-0.4, -0.2) is 6.54 Å². The van der Waals surface area contributed by atoms with Crippen LogP contribution in [-0.2, 0) is 5.41 Å². The van der Waals surface area contributed by atoms with Crippen molar-refractivity contribution in [1.29, 1.82) is 0 Å². The van der Waals surface area contributed by atoms with Crippen LogP contribution in [0.2, 0.25) is 0 Å². The number of hydrogen-bond donors (Lipinski definition) is 1. The van der Waals surface area contributed by atoms with Gasteiger partial charge in [0, 0.05) is 17.3 Å². The number of halogens is 1. The van der Waals surface area contributed by atoms with E-state index >= 15 is 0 Å². The standard InChI is InChI=1S/C12H12BrNO/c13-10-8-3-1-2-4-9(8)15-11(10)12(7-14)5-6-12/h1-4H,5-7,14H2. The number of benzene rings is 1. The van der Waals surface area contributed by atoms with Crippen LogP contribution in [0.3, 0.4) is 0 Å². The maximum Gasteiger partial charge on any atom is 0.135 e. The van der Waals surface area contributed by atoms with Crippen molar-refractivity contribution in [2.24, 2.45) is 5.73 Å². The maximum atomic E-state index is 5.89. The molecule has 2 aromatic rings. The number of para-hydroxylation sites is 1. The van der Waals surface area contributed by atoms with Crippen molar-refractivity contribution in [2.45, 2.75) is 18.3 Å².